The lowest BCUT2D eigenvalue weighted by Gasteiger charge is -2.31. The van der Waals surface area contributed by atoms with E-state index in [-0.39, 0.29) is 17.7 Å². The van der Waals surface area contributed by atoms with Crippen LogP contribution in [0.2, 0.25) is 0 Å². The van der Waals surface area contributed by atoms with Gasteiger partial charge < -0.3 is 10.1 Å². The molecule has 162 valence electrons. The highest BCUT2D eigenvalue weighted by atomic mass is 32.2. The van der Waals surface area contributed by atoms with Crippen molar-refractivity contribution in [3.63, 3.8) is 0 Å². The highest BCUT2D eigenvalue weighted by molar-refractivity contribution is 7.98. The standard InChI is InChI=1S/C22H23N3O5S/c1-30-21(28)18(12-13-31-2)23-22(29)24(14-15-8-4-3-5-9-15)25-19(26)16-10-6-7-11-17(16)20(25)27/h3-11,18H,12-14H2,1-2H3,(H,23,29)/t18-/m0/s1. The molecule has 4 amide bonds. The van der Waals surface area contributed by atoms with Crippen molar-refractivity contribution in [3.8, 4) is 0 Å². The Morgan fingerprint density at radius 2 is 1.61 bits per heavy atom. The first-order chi connectivity index (χ1) is 15.0. The molecular formula is C22H23N3O5S. The van der Waals surface area contributed by atoms with Gasteiger partial charge in [-0.3, -0.25) is 9.59 Å². The summed E-state index contributed by atoms with van der Waals surface area (Å²) in [6.07, 6.45) is 2.23. The van der Waals surface area contributed by atoms with Gasteiger partial charge in [-0.25, -0.2) is 14.6 Å². The van der Waals surface area contributed by atoms with Crippen LogP contribution < -0.4 is 5.32 Å². The summed E-state index contributed by atoms with van der Waals surface area (Å²) in [6, 6.07) is 13.7. The maximum Gasteiger partial charge on any atom is 0.337 e. The molecule has 0 bridgehead atoms. The largest absolute Gasteiger partial charge is 0.467 e. The molecule has 31 heavy (non-hydrogen) atoms. The van der Waals surface area contributed by atoms with E-state index < -0.39 is 29.9 Å². The molecule has 2 aromatic carbocycles. The Balaban J connectivity index is 1.91. The fraction of sp³-hybridized carbons (Fsp3) is 0.273. The Morgan fingerprint density at radius 3 is 2.16 bits per heavy atom. The van der Waals surface area contributed by atoms with E-state index in [9.17, 15) is 19.2 Å². The third-order valence-corrected chi connectivity index (χ3v) is 5.46. The SMILES string of the molecule is COC(=O)[C@H](CCSC)NC(=O)N(Cc1ccccc1)N1C(=O)c2ccccc2C1=O. The van der Waals surface area contributed by atoms with Crippen LogP contribution in [0.25, 0.3) is 0 Å². The number of fused-ring (bicyclic) bond motifs is 1. The number of amides is 4. The van der Waals surface area contributed by atoms with Gasteiger partial charge in [-0.1, -0.05) is 42.5 Å². The summed E-state index contributed by atoms with van der Waals surface area (Å²) in [6.45, 7) is -0.0332. The number of imide groups is 1. The number of nitrogens with zero attached hydrogens (tertiary/aromatic N) is 2. The molecule has 0 radical (unpaired) electrons. The predicted molar refractivity (Wildman–Crippen MR) is 116 cm³/mol. The van der Waals surface area contributed by atoms with Crippen LogP contribution in [0.4, 0.5) is 4.79 Å². The molecule has 2 aromatic rings. The molecule has 1 N–H and O–H groups in total. The van der Waals surface area contributed by atoms with E-state index >= 15 is 0 Å². The molecule has 0 saturated heterocycles. The van der Waals surface area contributed by atoms with Crippen molar-refractivity contribution in [2.24, 2.45) is 0 Å². The second-order valence-corrected chi connectivity index (χ2v) is 7.80. The lowest BCUT2D eigenvalue weighted by atomic mass is 10.1. The van der Waals surface area contributed by atoms with Crippen molar-refractivity contribution in [1.29, 1.82) is 0 Å². The zero-order valence-electron chi connectivity index (χ0n) is 17.2. The number of hydrazine groups is 1. The highest BCUT2D eigenvalue weighted by Crippen LogP contribution is 2.25. The van der Waals surface area contributed by atoms with Gasteiger partial charge in [0.1, 0.15) is 6.04 Å². The number of hydrogen-bond acceptors (Lipinski definition) is 6. The third kappa shape index (κ3) is 4.88. The first-order valence-electron chi connectivity index (χ1n) is 9.64. The second-order valence-electron chi connectivity index (χ2n) is 6.82. The van der Waals surface area contributed by atoms with Gasteiger partial charge in [-0.2, -0.15) is 16.8 Å². The van der Waals surface area contributed by atoms with Crippen molar-refractivity contribution in [2.45, 2.75) is 19.0 Å². The second kappa shape index (κ2) is 10.1. The molecule has 1 heterocycles. The van der Waals surface area contributed by atoms with E-state index in [0.29, 0.717) is 17.7 Å². The molecule has 1 atom stereocenters. The molecule has 0 spiro atoms. The predicted octanol–water partition coefficient (Wildman–Crippen LogP) is 2.70. The van der Waals surface area contributed by atoms with E-state index in [4.69, 9.17) is 4.74 Å². The third-order valence-electron chi connectivity index (χ3n) is 4.82. The summed E-state index contributed by atoms with van der Waals surface area (Å²) in [5.41, 5.74) is 1.17. The van der Waals surface area contributed by atoms with E-state index in [2.05, 4.69) is 5.32 Å². The minimum atomic E-state index is -0.904. The average Bonchev–Trinajstić information content (AvgIpc) is 3.05. The molecule has 3 rings (SSSR count). The molecule has 1 aliphatic heterocycles. The van der Waals surface area contributed by atoms with Gasteiger partial charge >= 0.3 is 12.0 Å². The molecule has 1 aliphatic rings. The Morgan fingerprint density at radius 1 is 1.03 bits per heavy atom. The number of nitrogens with one attached hydrogen (secondary N) is 1. The van der Waals surface area contributed by atoms with Crippen molar-refractivity contribution in [1.82, 2.24) is 15.3 Å². The number of methoxy groups -OCH3 is 1. The van der Waals surface area contributed by atoms with Gasteiger partial charge in [0, 0.05) is 0 Å². The van der Waals surface area contributed by atoms with Crippen molar-refractivity contribution < 1.29 is 23.9 Å². The molecule has 0 saturated carbocycles. The van der Waals surface area contributed by atoms with Crippen LogP contribution in [0, 0.1) is 0 Å². The number of benzene rings is 2. The molecule has 0 aromatic heterocycles. The maximum atomic E-state index is 13.2. The van der Waals surface area contributed by atoms with E-state index in [0.717, 1.165) is 10.0 Å². The molecule has 9 heteroatoms. The number of rotatable bonds is 8. The minimum absolute atomic E-state index is 0.0332. The van der Waals surface area contributed by atoms with Gasteiger partial charge in [-0.15, -0.1) is 0 Å². The quantitative estimate of drug-likeness (QED) is 0.500. The number of thioether (sulfide) groups is 1. The summed E-state index contributed by atoms with van der Waals surface area (Å²) in [7, 11) is 1.24. The fourth-order valence-corrected chi connectivity index (χ4v) is 3.71. The first kappa shape index (κ1) is 22.4. The van der Waals surface area contributed by atoms with Crippen molar-refractivity contribution >= 4 is 35.6 Å². The Hall–Kier alpha value is -3.33. The number of carbonyl (C=O) groups is 4. The fourth-order valence-electron chi connectivity index (χ4n) is 3.24. The van der Waals surface area contributed by atoms with Gasteiger partial charge in [0.2, 0.25) is 0 Å². The number of esters is 1. The molecular weight excluding hydrogens is 418 g/mol. The van der Waals surface area contributed by atoms with Crippen LogP contribution in [-0.2, 0) is 16.1 Å². The van der Waals surface area contributed by atoms with Gasteiger partial charge in [0.15, 0.2) is 0 Å². The Bertz CT molecular complexity index is 947. The molecule has 0 aliphatic carbocycles. The lowest BCUT2D eigenvalue weighted by Crippen LogP contribution is -2.56. The first-order valence-corrected chi connectivity index (χ1v) is 11.0. The maximum absolute atomic E-state index is 13.2. The zero-order chi connectivity index (χ0) is 22.4. The molecule has 0 fully saturated rings. The Labute approximate surface area is 184 Å². The van der Waals surface area contributed by atoms with Crippen LogP contribution >= 0.6 is 11.8 Å². The lowest BCUT2D eigenvalue weighted by molar-refractivity contribution is -0.143. The van der Waals surface area contributed by atoms with Crippen LogP contribution in [-0.4, -0.2) is 59.0 Å². The van der Waals surface area contributed by atoms with E-state index in [1.165, 1.54) is 18.9 Å². The summed E-state index contributed by atoms with van der Waals surface area (Å²) in [5.74, 6) is -1.16. The van der Waals surface area contributed by atoms with Crippen LogP contribution in [0.1, 0.15) is 32.7 Å². The number of hydrogen-bond donors (Lipinski definition) is 1. The van der Waals surface area contributed by atoms with Crippen molar-refractivity contribution in [3.05, 3.63) is 71.3 Å². The van der Waals surface area contributed by atoms with Gasteiger partial charge in [-0.05, 0) is 36.1 Å². The summed E-state index contributed by atoms with van der Waals surface area (Å²) in [4.78, 5) is 51.3. The zero-order valence-corrected chi connectivity index (χ0v) is 18.1. The Kier molecular flexibility index (Phi) is 7.30. The van der Waals surface area contributed by atoms with E-state index in [1.54, 1.807) is 48.5 Å². The number of urea groups is 1. The topological polar surface area (TPSA) is 96.0 Å². The molecule has 8 nitrogen and oxygen atoms in total. The summed E-state index contributed by atoms with van der Waals surface area (Å²) in [5, 5.41) is 4.49. The van der Waals surface area contributed by atoms with Crippen molar-refractivity contribution in [2.75, 3.05) is 19.1 Å². The normalized spacial score (nSPS) is 13.5. The number of carbonyl (C=O) groups excluding carboxylic acids is 4. The average molecular weight is 442 g/mol. The summed E-state index contributed by atoms with van der Waals surface area (Å²) >= 11 is 1.52. The monoisotopic (exact) mass is 441 g/mol. The molecule has 0 unspecified atom stereocenters. The van der Waals surface area contributed by atoms with Gasteiger partial charge in [0.05, 0.1) is 24.8 Å². The van der Waals surface area contributed by atoms with Crippen LogP contribution in [0.3, 0.4) is 0 Å². The van der Waals surface area contributed by atoms with Crippen LogP contribution in [0.15, 0.2) is 54.6 Å². The van der Waals surface area contributed by atoms with E-state index in [1.807, 2.05) is 12.3 Å². The summed E-state index contributed by atoms with van der Waals surface area (Å²) < 4.78 is 4.80. The van der Waals surface area contributed by atoms with Gasteiger partial charge in [0.25, 0.3) is 11.8 Å². The highest BCUT2D eigenvalue weighted by Gasteiger charge is 2.42. The minimum Gasteiger partial charge on any atom is -0.467 e. The van der Waals surface area contributed by atoms with Crippen LogP contribution in [0.5, 0.6) is 0 Å². The number of ether oxygens (including phenoxy) is 1. The smallest absolute Gasteiger partial charge is 0.337 e.